The zero-order valence-electron chi connectivity index (χ0n) is 47.1. The summed E-state index contributed by atoms with van der Waals surface area (Å²) in [5, 5.41) is 1.79. The molecule has 1 heterocycles. The molecule has 0 saturated carbocycles. The Balaban J connectivity index is 1.15. The molecule has 1 aliphatic carbocycles. The Morgan fingerprint density at radius 3 is 1.54 bits per heavy atom. The van der Waals surface area contributed by atoms with Gasteiger partial charge in [-0.25, -0.2) is 0 Å². The van der Waals surface area contributed by atoms with E-state index < -0.39 is 29.6 Å². The van der Waals surface area contributed by atoms with Gasteiger partial charge >= 0.3 is 0 Å². The van der Waals surface area contributed by atoms with Gasteiger partial charge in [-0.2, -0.15) is 0 Å². The van der Waals surface area contributed by atoms with Crippen LogP contribution in [-0.4, -0.2) is 4.57 Å². The molecule has 0 radical (unpaired) electrons. The highest BCUT2D eigenvalue weighted by atomic mass is 15.1. The van der Waals surface area contributed by atoms with Crippen molar-refractivity contribution >= 4 is 66.7 Å². The molecule has 1 atom stereocenters. The summed E-state index contributed by atoms with van der Waals surface area (Å²) in [6.07, 6.45) is 0. The van der Waals surface area contributed by atoms with Gasteiger partial charge in [-0.15, -0.1) is 0 Å². The largest absolute Gasteiger partial charge is 0.310 e. The Labute approximate surface area is 441 Å². The average molecular weight is 951 g/mol. The maximum absolute atomic E-state index is 10.5. The van der Waals surface area contributed by atoms with E-state index in [0.717, 1.165) is 101 Å². The van der Waals surface area contributed by atoms with Crippen molar-refractivity contribution in [2.75, 3.05) is 9.80 Å². The quantitative estimate of drug-likeness (QED) is 0.135. The minimum absolute atomic E-state index is 0.105. The van der Waals surface area contributed by atoms with Gasteiger partial charge in [0, 0.05) is 50.5 Å². The van der Waals surface area contributed by atoms with Crippen molar-refractivity contribution in [3.63, 3.8) is 0 Å². The first-order valence-corrected chi connectivity index (χ1v) is 24.9. The minimum Gasteiger partial charge on any atom is -0.310 e. The number of nitrogens with zero attached hydrogens (tertiary/aromatic N) is 3. The van der Waals surface area contributed by atoms with Gasteiger partial charge in [-0.05, 0) is 147 Å². The van der Waals surface area contributed by atoms with Crippen molar-refractivity contribution in [3.8, 4) is 27.9 Å². The van der Waals surface area contributed by atoms with Gasteiger partial charge in [0.25, 0.3) is 0 Å². The molecule has 0 saturated heterocycles. The first kappa shape index (κ1) is 36.3. The number of fused-ring (bicyclic) bond motifs is 7. The van der Waals surface area contributed by atoms with Crippen LogP contribution in [0.3, 0.4) is 0 Å². The third-order valence-corrected chi connectivity index (χ3v) is 14.6. The highest BCUT2D eigenvalue weighted by molar-refractivity contribution is 6.10. The van der Waals surface area contributed by atoms with Gasteiger partial charge in [-0.1, -0.05) is 200 Å². The number of para-hydroxylation sites is 6. The molecule has 0 bridgehead atoms. The fourth-order valence-corrected chi connectivity index (χ4v) is 11.5. The lowest BCUT2D eigenvalue weighted by Crippen LogP contribution is -2.28. The zero-order chi connectivity index (χ0) is 55.1. The van der Waals surface area contributed by atoms with Gasteiger partial charge < -0.3 is 14.4 Å². The summed E-state index contributed by atoms with van der Waals surface area (Å²) in [7, 11) is 0. The lowest BCUT2D eigenvalue weighted by atomic mass is 9.67. The van der Waals surface area contributed by atoms with Crippen LogP contribution in [0.2, 0.25) is 0 Å². The van der Waals surface area contributed by atoms with Gasteiger partial charge in [0.1, 0.15) is 0 Å². The Bertz CT molecular complexity index is 4570. The number of hydrogen-bond donors (Lipinski definition) is 0. The Kier molecular flexibility index (Phi) is 8.75. The Morgan fingerprint density at radius 2 is 0.878 bits per heavy atom. The van der Waals surface area contributed by atoms with E-state index in [4.69, 9.17) is 4.11 Å². The van der Waals surface area contributed by atoms with Crippen LogP contribution in [0.15, 0.2) is 297 Å². The topological polar surface area (TPSA) is 11.4 Å². The number of anilines is 6. The van der Waals surface area contributed by atoms with Crippen LogP contribution in [0.4, 0.5) is 34.1 Å². The highest BCUT2D eigenvalue weighted by Crippen LogP contribution is 2.59. The van der Waals surface area contributed by atoms with E-state index in [9.17, 15) is 5.48 Å². The maximum atomic E-state index is 10.5. The molecule has 1 aliphatic rings. The number of rotatable bonds is 10. The maximum Gasteiger partial charge on any atom is 0.0714 e. The van der Waals surface area contributed by atoms with Crippen molar-refractivity contribution in [2.24, 2.45) is 0 Å². The monoisotopic (exact) mass is 950 g/mol. The standard InChI is InChI=1S/C71H49N3/c1-6-23-51(24-7-1)61-34-18-20-36-68(61)73(57-30-12-4-13-31-57)60-42-45-67-65(49-60)64-48-59(72(55-26-8-2-9-27-55)56-28-10-3-11-29-56)41-44-66(64)71(67,53-39-38-50-22-16-17-25-52(50)46-53)54-40-43-63-62-35-19-21-37-69(62)74(70(63)47-54)58-32-14-5-15-33-58/h1-49H/i16D,17D,22D,25D,38D,39D,46D. The average Bonchev–Trinajstić information content (AvgIpc) is 2.94. The Hall–Kier alpha value is -9.70. The predicted octanol–water partition coefficient (Wildman–Crippen LogP) is 18.9. The van der Waals surface area contributed by atoms with Crippen molar-refractivity contribution in [2.45, 2.75) is 5.41 Å². The summed E-state index contributed by atoms with van der Waals surface area (Å²) in [5.41, 5.74) is 12.9. The predicted molar refractivity (Wildman–Crippen MR) is 310 cm³/mol. The second-order valence-corrected chi connectivity index (χ2v) is 18.7. The molecule has 3 nitrogen and oxygen atoms in total. The molecular weight excluding hydrogens is 895 g/mol. The van der Waals surface area contributed by atoms with Crippen LogP contribution in [0, 0.1) is 0 Å². The SMILES string of the molecule is [2H]c1c([2H])c([2H])c2c([2H])c(C3(c4ccc5c6ccccc6n(-c6ccccc6)c5c4)c4ccc(N(c5ccccc5)c5ccccc5)cc4-c4cc(N(c5ccccc5)c5ccccc5-c5ccccc5)ccc43)c([2H])c([2H])c2c1[2H]. The summed E-state index contributed by atoms with van der Waals surface area (Å²) in [6, 6.07) is 84.5. The summed E-state index contributed by atoms with van der Waals surface area (Å²) in [5.74, 6) is 0. The molecule has 348 valence electrons. The summed E-state index contributed by atoms with van der Waals surface area (Å²) in [4.78, 5) is 4.50. The molecule has 0 fully saturated rings. The van der Waals surface area contributed by atoms with Crippen molar-refractivity contribution in [1.82, 2.24) is 4.57 Å². The molecule has 14 rings (SSSR count). The first-order valence-electron chi connectivity index (χ1n) is 28.4. The van der Waals surface area contributed by atoms with Crippen molar-refractivity contribution in [1.29, 1.82) is 0 Å². The summed E-state index contributed by atoms with van der Waals surface area (Å²) < 4.78 is 69.2. The Morgan fingerprint density at radius 1 is 0.351 bits per heavy atom. The molecule has 1 unspecified atom stereocenters. The normalized spacial score (nSPS) is 15.1. The number of benzene rings is 12. The fourth-order valence-electron chi connectivity index (χ4n) is 11.5. The summed E-state index contributed by atoms with van der Waals surface area (Å²) >= 11 is 0. The second-order valence-electron chi connectivity index (χ2n) is 18.7. The second kappa shape index (κ2) is 17.9. The molecule has 12 aromatic carbocycles. The van der Waals surface area contributed by atoms with Gasteiger partial charge in [0.2, 0.25) is 0 Å². The molecule has 3 heteroatoms. The third-order valence-electron chi connectivity index (χ3n) is 14.6. The lowest BCUT2D eigenvalue weighted by molar-refractivity contribution is 0.771. The van der Waals surface area contributed by atoms with E-state index in [2.05, 4.69) is 178 Å². The van der Waals surface area contributed by atoms with Crippen LogP contribution < -0.4 is 9.80 Å². The van der Waals surface area contributed by atoms with Crippen LogP contribution in [0.25, 0.3) is 60.5 Å². The molecule has 0 spiro atoms. The van der Waals surface area contributed by atoms with Crippen LogP contribution >= 0.6 is 0 Å². The highest BCUT2D eigenvalue weighted by Gasteiger charge is 2.47. The lowest BCUT2D eigenvalue weighted by Gasteiger charge is -2.35. The smallest absolute Gasteiger partial charge is 0.0714 e. The molecule has 0 aliphatic heterocycles. The van der Waals surface area contributed by atoms with E-state index in [0.29, 0.717) is 0 Å². The molecule has 1 aromatic heterocycles. The molecule has 13 aromatic rings. The van der Waals surface area contributed by atoms with E-state index in [1.165, 1.54) is 0 Å². The molecule has 0 N–H and O–H groups in total. The van der Waals surface area contributed by atoms with Crippen LogP contribution in [0.5, 0.6) is 0 Å². The van der Waals surface area contributed by atoms with Gasteiger partial charge in [-0.3, -0.25) is 0 Å². The zero-order valence-corrected chi connectivity index (χ0v) is 40.1. The minimum atomic E-state index is -1.54. The van der Waals surface area contributed by atoms with Crippen molar-refractivity contribution < 1.29 is 9.60 Å². The van der Waals surface area contributed by atoms with E-state index in [1.807, 2.05) is 91.0 Å². The van der Waals surface area contributed by atoms with E-state index in [-0.39, 0.29) is 34.5 Å². The van der Waals surface area contributed by atoms with Crippen molar-refractivity contribution in [3.05, 3.63) is 319 Å². The van der Waals surface area contributed by atoms with Gasteiger partial charge in [0.05, 0.1) is 31.7 Å². The molecule has 0 amide bonds. The number of aromatic nitrogens is 1. The fraction of sp³-hybridized carbons (Fsp3) is 0.0141. The van der Waals surface area contributed by atoms with Crippen LogP contribution in [-0.2, 0) is 5.41 Å². The van der Waals surface area contributed by atoms with Gasteiger partial charge in [0.15, 0.2) is 0 Å². The van der Waals surface area contributed by atoms with E-state index >= 15 is 0 Å². The van der Waals surface area contributed by atoms with E-state index in [1.54, 1.807) is 0 Å². The third kappa shape index (κ3) is 6.97. The van der Waals surface area contributed by atoms with Crippen LogP contribution in [0.1, 0.15) is 31.8 Å². The first-order chi connectivity index (χ1) is 39.6. The molecule has 74 heavy (non-hydrogen) atoms. The number of hydrogen-bond acceptors (Lipinski definition) is 2. The summed E-state index contributed by atoms with van der Waals surface area (Å²) in [6.45, 7) is 0. The molecular formula is C71H49N3.